The molecule has 0 aliphatic heterocycles. The molecule has 5 heteroatoms. The van der Waals surface area contributed by atoms with E-state index in [1.54, 1.807) is 6.07 Å². The summed E-state index contributed by atoms with van der Waals surface area (Å²) >= 11 is 1.29. The molecular weight excluding hydrogens is 287 g/mol. The Morgan fingerprint density at radius 2 is 2.00 bits per heavy atom. The number of halogens is 1. The van der Waals surface area contributed by atoms with Gasteiger partial charge in [-0.05, 0) is 49.2 Å². The maximum atomic E-state index is 12.9. The van der Waals surface area contributed by atoms with Crippen LogP contribution in [0.1, 0.15) is 11.1 Å². The van der Waals surface area contributed by atoms with Crippen LogP contribution >= 0.6 is 11.8 Å². The fraction of sp³-hybridized carbons (Fsp3) is 0.188. The van der Waals surface area contributed by atoms with Crippen molar-refractivity contribution in [2.75, 3.05) is 16.8 Å². The molecule has 0 aliphatic rings. The van der Waals surface area contributed by atoms with Gasteiger partial charge in [0.05, 0.1) is 5.75 Å². The quantitative estimate of drug-likeness (QED) is 0.668. The van der Waals surface area contributed by atoms with Gasteiger partial charge in [0.25, 0.3) is 0 Å². The molecule has 0 saturated heterocycles. The normalized spacial score (nSPS) is 10.4. The Morgan fingerprint density at radius 3 is 2.71 bits per heavy atom. The third-order valence-corrected chi connectivity index (χ3v) is 4.09. The van der Waals surface area contributed by atoms with Gasteiger partial charge in [-0.15, -0.1) is 11.8 Å². The number of amides is 1. The van der Waals surface area contributed by atoms with Crippen LogP contribution in [0.4, 0.5) is 15.8 Å². The molecule has 21 heavy (non-hydrogen) atoms. The van der Waals surface area contributed by atoms with Gasteiger partial charge in [-0.3, -0.25) is 4.79 Å². The van der Waals surface area contributed by atoms with Crippen molar-refractivity contribution in [1.29, 1.82) is 0 Å². The Morgan fingerprint density at radius 1 is 1.24 bits per heavy atom. The highest BCUT2D eigenvalue weighted by molar-refractivity contribution is 8.00. The van der Waals surface area contributed by atoms with Gasteiger partial charge < -0.3 is 11.1 Å². The lowest BCUT2D eigenvalue weighted by molar-refractivity contribution is -0.113. The summed E-state index contributed by atoms with van der Waals surface area (Å²) in [5.74, 6) is -0.266. The van der Waals surface area contributed by atoms with Crippen molar-refractivity contribution in [2.45, 2.75) is 18.7 Å². The van der Waals surface area contributed by atoms with Gasteiger partial charge in [0.2, 0.25) is 5.91 Å². The number of nitrogens with one attached hydrogen (secondary N) is 1. The van der Waals surface area contributed by atoms with E-state index in [1.165, 1.54) is 23.9 Å². The summed E-state index contributed by atoms with van der Waals surface area (Å²) in [6, 6.07) is 10.1. The summed E-state index contributed by atoms with van der Waals surface area (Å²) < 4.78 is 12.9. The lowest BCUT2D eigenvalue weighted by atomic mass is 10.1. The first-order chi connectivity index (χ1) is 9.95. The van der Waals surface area contributed by atoms with Crippen molar-refractivity contribution in [3.05, 3.63) is 53.3 Å². The fourth-order valence-corrected chi connectivity index (χ4v) is 2.60. The molecule has 0 radical (unpaired) electrons. The second-order valence-corrected chi connectivity index (χ2v) is 5.85. The zero-order valence-electron chi connectivity index (χ0n) is 11.9. The molecule has 0 fully saturated rings. The molecule has 0 atom stereocenters. The molecule has 2 aromatic rings. The van der Waals surface area contributed by atoms with Gasteiger partial charge in [0.1, 0.15) is 5.82 Å². The number of nitrogen functional groups attached to an aromatic ring is 1. The minimum Gasteiger partial charge on any atom is -0.398 e. The van der Waals surface area contributed by atoms with Gasteiger partial charge >= 0.3 is 0 Å². The predicted octanol–water partition coefficient (Wildman–Crippen LogP) is 3.76. The van der Waals surface area contributed by atoms with E-state index in [1.807, 2.05) is 32.0 Å². The Bertz CT molecular complexity index is 673. The molecule has 0 aliphatic carbocycles. The second kappa shape index (κ2) is 6.63. The first-order valence-electron chi connectivity index (χ1n) is 6.50. The molecule has 0 unspecified atom stereocenters. The molecule has 3 nitrogen and oxygen atoms in total. The highest BCUT2D eigenvalue weighted by atomic mass is 32.2. The SMILES string of the molecule is Cc1ccc(C)c(NC(=O)CSc2ccc(F)cc2N)c1. The summed E-state index contributed by atoms with van der Waals surface area (Å²) in [6.07, 6.45) is 0. The van der Waals surface area contributed by atoms with Crippen LogP contribution in [-0.4, -0.2) is 11.7 Å². The summed E-state index contributed by atoms with van der Waals surface area (Å²) in [6.45, 7) is 3.92. The number of benzene rings is 2. The standard InChI is InChI=1S/C16H17FN2OS/c1-10-3-4-11(2)14(7-10)19-16(20)9-21-15-6-5-12(17)8-13(15)18/h3-8H,9,18H2,1-2H3,(H,19,20). The van der Waals surface area contributed by atoms with Crippen molar-refractivity contribution in [3.8, 4) is 0 Å². The highest BCUT2D eigenvalue weighted by Gasteiger charge is 2.08. The summed E-state index contributed by atoms with van der Waals surface area (Å²) in [5.41, 5.74) is 8.97. The number of thioether (sulfide) groups is 1. The topological polar surface area (TPSA) is 55.1 Å². The number of carbonyl (C=O) groups is 1. The number of carbonyl (C=O) groups excluding carboxylic acids is 1. The maximum absolute atomic E-state index is 12.9. The Labute approximate surface area is 127 Å². The number of nitrogens with two attached hydrogens (primary N) is 1. The van der Waals surface area contributed by atoms with E-state index in [-0.39, 0.29) is 17.5 Å². The number of hydrogen-bond donors (Lipinski definition) is 2. The zero-order valence-corrected chi connectivity index (χ0v) is 12.8. The molecule has 0 saturated carbocycles. The van der Waals surface area contributed by atoms with Crippen LogP contribution in [0.2, 0.25) is 0 Å². The van der Waals surface area contributed by atoms with Gasteiger partial charge in [-0.1, -0.05) is 12.1 Å². The molecule has 0 spiro atoms. The van der Waals surface area contributed by atoms with E-state index in [9.17, 15) is 9.18 Å². The number of rotatable bonds is 4. The van der Waals surface area contributed by atoms with Gasteiger partial charge in [-0.25, -0.2) is 4.39 Å². The average molecular weight is 304 g/mol. The zero-order chi connectivity index (χ0) is 15.4. The van der Waals surface area contributed by atoms with Crippen LogP contribution in [0.5, 0.6) is 0 Å². The number of anilines is 2. The largest absolute Gasteiger partial charge is 0.398 e. The summed E-state index contributed by atoms with van der Waals surface area (Å²) in [4.78, 5) is 12.7. The lowest BCUT2D eigenvalue weighted by Gasteiger charge is -2.10. The van der Waals surface area contributed by atoms with E-state index in [4.69, 9.17) is 5.73 Å². The van der Waals surface area contributed by atoms with Crippen molar-refractivity contribution in [1.82, 2.24) is 0 Å². The molecule has 3 N–H and O–H groups in total. The Balaban J connectivity index is 1.97. The van der Waals surface area contributed by atoms with E-state index in [0.717, 1.165) is 16.8 Å². The molecule has 0 heterocycles. The number of hydrogen-bond acceptors (Lipinski definition) is 3. The molecule has 0 aromatic heterocycles. The van der Waals surface area contributed by atoms with Crippen molar-refractivity contribution < 1.29 is 9.18 Å². The second-order valence-electron chi connectivity index (χ2n) is 4.84. The average Bonchev–Trinajstić information content (AvgIpc) is 2.42. The third-order valence-electron chi connectivity index (χ3n) is 3.00. The summed E-state index contributed by atoms with van der Waals surface area (Å²) in [7, 11) is 0. The molecule has 1 amide bonds. The molecule has 110 valence electrons. The third kappa shape index (κ3) is 4.23. The Hall–Kier alpha value is -2.01. The van der Waals surface area contributed by atoms with E-state index < -0.39 is 0 Å². The fourth-order valence-electron chi connectivity index (χ4n) is 1.85. The van der Waals surface area contributed by atoms with Crippen LogP contribution < -0.4 is 11.1 Å². The van der Waals surface area contributed by atoms with E-state index in [2.05, 4.69) is 5.32 Å². The van der Waals surface area contributed by atoms with Crippen LogP contribution in [0.25, 0.3) is 0 Å². The van der Waals surface area contributed by atoms with E-state index in [0.29, 0.717) is 10.6 Å². The predicted molar refractivity (Wildman–Crippen MR) is 86.1 cm³/mol. The summed E-state index contributed by atoms with van der Waals surface area (Å²) in [5, 5.41) is 2.88. The van der Waals surface area contributed by atoms with Gasteiger partial charge in [0.15, 0.2) is 0 Å². The maximum Gasteiger partial charge on any atom is 0.234 e. The lowest BCUT2D eigenvalue weighted by Crippen LogP contribution is -2.15. The van der Waals surface area contributed by atoms with Crippen LogP contribution in [-0.2, 0) is 4.79 Å². The molecule has 2 aromatic carbocycles. The molecule has 0 bridgehead atoms. The molecule has 2 rings (SSSR count). The highest BCUT2D eigenvalue weighted by Crippen LogP contribution is 2.26. The Kier molecular flexibility index (Phi) is 4.85. The van der Waals surface area contributed by atoms with Crippen molar-refractivity contribution in [2.24, 2.45) is 0 Å². The van der Waals surface area contributed by atoms with Gasteiger partial charge in [0, 0.05) is 16.3 Å². The van der Waals surface area contributed by atoms with E-state index >= 15 is 0 Å². The van der Waals surface area contributed by atoms with Crippen molar-refractivity contribution in [3.63, 3.8) is 0 Å². The molecular formula is C16H17FN2OS. The minimum atomic E-state index is -0.378. The number of aryl methyl sites for hydroxylation is 2. The first kappa shape index (κ1) is 15.4. The minimum absolute atomic E-state index is 0.113. The monoisotopic (exact) mass is 304 g/mol. The van der Waals surface area contributed by atoms with Crippen LogP contribution in [0.3, 0.4) is 0 Å². The van der Waals surface area contributed by atoms with Crippen LogP contribution in [0.15, 0.2) is 41.3 Å². The van der Waals surface area contributed by atoms with Crippen LogP contribution in [0, 0.1) is 19.7 Å². The van der Waals surface area contributed by atoms with Crippen molar-refractivity contribution >= 4 is 29.0 Å². The van der Waals surface area contributed by atoms with Gasteiger partial charge in [-0.2, -0.15) is 0 Å². The smallest absolute Gasteiger partial charge is 0.234 e. The first-order valence-corrected chi connectivity index (χ1v) is 7.49.